The number of carbonyl (C=O) groups excluding carboxylic acids is 1. The molecule has 3 heteroatoms. The minimum absolute atomic E-state index is 0.115. The fourth-order valence-electron chi connectivity index (χ4n) is 1.44. The Bertz CT molecular complexity index is 256. The zero-order valence-corrected chi connectivity index (χ0v) is 9.20. The van der Waals surface area contributed by atoms with E-state index in [1.165, 1.54) is 0 Å². The van der Waals surface area contributed by atoms with Crippen molar-refractivity contribution < 1.29 is 14.3 Å². The number of hydrogen-bond acceptors (Lipinski definition) is 3. The van der Waals surface area contributed by atoms with E-state index in [9.17, 15) is 4.79 Å². The lowest BCUT2D eigenvalue weighted by atomic mass is 10.1. The Morgan fingerprint density at radius 3 is 3.13 bits per heavy atom. The molecule has 0 radical (unpaired) electrons. The smallest absolute Gasteiger partial charge is 0.305 e. The number of hydrogen-bond donors (Lipinski definition) is 0. The molecule has 0 aliphatic carbocycles. The van der Waals surface area contributed by atoms with E-state index in [4.69, 9.17) is 9.47 Å². The minimum Gasteiger partial charge on any atom is -0.466 e. The van der Waals surface area contributed by atoms with Crippen molar-refractivity contribution in [3.63, 3.8) is 0 Å². The zero-order chi connectivity index (χ0) is 11.1. The van der Waals surface area contributed by atoms with Gasteiger partial charge in [0, 0.05) is 12.8 Å². The molecule has 1 saturated heterocycles. The standard InChI is InChI=1S/C12H18O3/c1-3-10(4-2)9-15-11-5-6-12(13)14-8-7-11/h3-4,11H,1,5-9H2,2H3/b10-4+. The lowest BCUT2D eigenvalue weighted by Crippen LogP contribution is -2.14. The monoisotopic (exact) mass is 210 g/mol. The largest absolute Gasteiger partial charge is 0.466 e. The van der Waals surface area contributed by atoms with E-state index in [0.717, 1.165) is 18.4 Å². The number of carbonyl (C=O) groups is 1. The second-order valence-corrected chi connectivity index (χ2v) is 3.55. The fraction of sp³-hybridized carbons (Fsp3) is 0.583. The normalized spacial score (nSPS) is 23.1. The van der Waals surface area contributed by atoms with E-state index in [-0.39, 0.29) is 12.1 Å². The van der Waals surface area contributed by atoms with Gasteiger partial charge in [0.25, 0.3) is 0 Å². The molecule has 1 atom stereocenters. The van der Waals surface area contributed by atoms with E-state index in [0.29, 0.717) is 19.6 Å². The Morgan fingerprint density at radius 1 is 1.67 bits per heavy atom. The van der Waals surface area contributed by atoms with Gasteiger partial charge in [0.15, 0.2) is 0 Å². The van der Waals surface area contributed by atoms with Crippen LogP contribution in [-0.4, -0.2) is 25.3 Å². The lowest BCUT2D eigenvalue weighted by Gasteiger charge is -2.14. The van der Waals surface area contributed by atoms with Crippen molar-refractivity contribution in [3.8, 4) is 0 Å². The van der Waals surface area contributed by atoms with Crippen molar-refractivity contribution in [1.82, 2.24) is 0 Å². The van der Waals surface area contributed by atoms with Crippen molar-refractivity contribution in [2.45, 2.75) is 32.3 Å². The molecule has 15 heavy (non-hydrogen) atoms. The molecule has 1 fully saturated rings. The van der Waals surface area contributed by atoms with Gasteiger partial charge in [0.1, 0.15) is 0 Å². The molecule has 1 unspecified atom stereocenters. The summed E-state index contributed by atoms with van der Waals surface area (Å²) in [6.07, 6.45) is 5.91. The summed E-state index contributed by atoms with van der Waals surface area (Å²) in [6, 6.07) is 0. The highest BCUT2D eigenvalue weighted by Crippen LogP contribution is 2.14. The SMILES string of the molecule is C=C/C(=C\C)COC1CCOC(=O)CC1. The molecule has 1 heterocycles. The zero-order valence-electron chi connectivity index (χ0n) is 9.20. The molecule has 1 rings (SSSR count). The summed E-state index contributed by atoms with van der Waals surface area (Å²) < 4.78 is 10.6. The Kier molecular flexibility index (Phi) is 5.12. The second-order valence-electron chi connectivity index (χ2n) is 3.55. The highest BCUT2D eigenvalue weighted by Gasteiger charge is 2.17. The third-order valence-corrected chi connectivity index (χ3v) is 2.49. The van der Waals surface area contributed by atoms with Crippen LogP contribution < -0.4 is 0 Å². The van der Waals surface area contributed by atoms with Crippen molar-refractivity contribution in [1.29, 1.82) is 0 Å². The first-order valence-corrected chi connectivity index (χ1v) is 5.31. The molecule has 0 saturated carbocycles. The topological polar surface area (TPSA) is 35.5 Å². The van der Waals surface area contributed by atoms with Gasteiger partial charge in [-0.1, -0.05) is 18.7 Å². The number of cyclic esters (lactones) is 1. The van der Waals surface area contributed by atoms with Crippen molar-refractivity contribution in [3.05, 3.63) is 24.3 Å². The van der Waals surface area contributed by atoms with Gasteiger partial charge in [0.2, 0.25) is 0 Å². The Hall–Kier alpha value is -1.09. The van der Waals surface area contributed by atoms with Crippen molar-refractivity contribution in [2.24, 2.45) is 0 Å². The Morgan fingerprint density at radius 2 is 2.47 bits per heavy atom. The van der Waals surface area contributed by atoms with Crippen LogP contribution in [0.5, 0.6) is 0 Å². The number of ether oxygens (including phenoxy) is 2. The van der Waals surface area contributed by atoms with Gasteiger partial charge in [-0.2, -0.15) is 0 Å². The maximum Gasteiger partial charge on any atom is 0.305 e. The molecule has 0 bridgehead atoms. The summed E-state index contributed by atoms with van der Waals surface area (Å²) in [6.45, 7) is 6.70. The van der Waals surface area contributed by atoms with E-state index < -0.39 is 0 Å². The highest BCUT2D eigenvalue weighted by molar-refractivity contribution is 5.69. The molecule has 0 N–H and O–H groups in total. The number of esters is 1. The van der Waals surface area contributed by atoms with Crippen LogP contribution in [0.15, 0.2) is 24.3 Å². The summed E-state index contributed by atoms with van der Waals surface area (Å²) >= 11 is 0. The molecule has 0 aromatic rings. The van der Waals surface area contributed by atoms with Crippen LogP contribution in [0.4, 0.5) is 0 Å². The quantitative estimate of drug-likeness (QED) is 0.527. The summed E-state index contributed by atoms with van der Waals surface area (Å²) in [5.74, 6) is -0.115. The van der Waals surface area contributed by atoms with Gasteiger partial charge in [-0.15, -0.1) is 0 Å². The molecular weight excluding hydrogens is 192 g/mol. The number of rotatable bonds is 4. The third-order valence-electron chi connectivity index (χ3n) is 2.49. The Balaban J connectivity index is 2.32. The molecule has 1 aliphatic rings. The summed E-state index contributed by atoms with van der Waals surface area (Å²) in [5.41, 5.74) is 1.08. The lowest BCUT2D eigenvalue weighted by molar-refractivity contribution is -0.142. The average molecular weight is 210 g/mol. The van der Waals surface area contributed by atoms with Crippen LogP contribution in [0, 0.1) is 0 Å². The van der Waals surface area contributed by atoms with E-state index >= 15 is 0 Å². The molecule has 0 spiro atoms. The second kappa shape index (κ2) is 6.40. The number of allylic oxidation sites excluding steroid dienone is 1. The van der Waals surface area contributed by atoms with Crippen molar-refractivity contribution in [2.75, 3.05) is 13.2 Å². The van der Waals surface area contributed by atoms with Crippen LogP contribution in [0.25, 0.3) is 0 Å². The van der Waals surface area contributed by atoms with Gasteiger partial charge < -0.3 is 9.47 Å². The van der Waals surface area contributed by atoms with E-state index in [1.54, 1.807) is 6.08 Å². The molecule has 84 valence electrons. The Labute approximate surface area is 90.8 Å². The molecule has 3 nitrogen and oxygen atoms in total. The maximum atomic E-state index is 11.0. The van der Waals surface area contributed by atoms with Gasteiger partial charge in [-0.25, -0.2) is 0 Å². The van der Waals surface area contributed by atoms with Crippen LogP contribution in [0.2, 0.25) is 0 Å². The van der Waals surface area contributed by atoms with Gasteiger partial charge in [-0.05, 0) is 18.9 Å². The maximum absolute atomic E-state index is 11.0. The van der Waals surface area contributed by atoms with Crippen LogP contribution in [0.3, 0.4) is 0 Å². The third kappa shape index (κ3) is 4.30. The van der Waals surface area contributed by atoms with Gasteiger partial charge in [0.05, 0.1) is 19.3 Å². The first kappa shape index (κ1) is 12.0. The summed E-state index contributed by atoms with van der Waals surface area (Å²) in [5, 5.41) is 0. The predicted molar refractivity (Wildman–Crippen MR) is 58.5 cm³/mol. The molecular formula is C12H18O3. The van der Waals surface area contributed by atoms with Gasteiger partial charge >= 0.3 is 5.97 Å². The van der Waals surface area contributed by atoms with E-state index in [2.05, 4.69) is 6.58 Å². The fourth-order valence-corrected chi connectivity index (χ4v) is 1.44. The van der Waals surface area contributed by atoms with E-state index in [1.807, 2.05) is 13.0 Å². The van der Waals surface area contributed by atoms with Crippen LogP contribution >= 0.6 is 0 Å². The van der Waals surface area contributed by atoms with Crippen LogP contribution in [0.1, 0.15) is 26.2 Å². The molecule has 0 amide bonds. The van der Waals surface area contributed by atoms with Gasteiger partial charge in [-0.3, -0.25) is 4.79 Å². The first-order chi connectivity index (χ1) is 7.26. The van der Waals surface area contributed by atoms with Crippen LogP contribution in [-0.2, 0) is 14.3 Å². The molecule has 1 aliphatic heterocycles. The van der Waals surface area contributed by atoms with Crippen molar-refractivity contribution >= 4 is 5.97 Å². The average Bonchev–Trinajstić information content (AvgIpc) is 2.45. The highest BCUT2D eigenvalue weighted by atomic mass is 16.5. The predicted octanol–water partition coefficient (Wildman–Crippen LogP) is 2.23. The summed E-state index contributed by atoms with van der Waals surface area (Å²) in [4.78, 5) is 11.0. The molecule has 0 aromatic heterocycles. The minimum atomic E-state index is -0.115. The first-order valence-electron chi connectivity index (χ1n) is 5.31. The summed E-state index contributed by atoms with van der Waals surface area (Å²) in [7, 11) is 0. The molecule has 0 aromatic carbocycles.